The topological polar surface area (TPSA) is 27.1 Å². The van der Waals surface area contributed by atoms with Gasteiger partial charge in [-0.3, -0.25) is 4.68 Å². The van der Waals surface area contributed by atoms with E-state index in [9.17, 15) is 0 Å². The SMILES string of the molecule is COC1CC1c1cn(C)nc1C. The minimum Gasteiger partial charge on any atom is -0.381 e. The zero-order valence-electron chi connectivity index (χ0n) is 7.74. The smallest absolute Gasteiger partial charge is 0.0648 e. The zero-order valence-corrected chi connectivity index (χ0v) is 7.74. The monoisotopic (exact) mass is 166 g/mol. The van der Waals surface area contributed by atoms with Crippen molar-refractivity contribution in [2.75, 3.05) is 7.11 Å². The third-order valence-electron chi connectivity index (χ3n) is 2.49. The maximum absolute atomic E-state index is 5.26. The van der Waals surface area contributed by atoms with Gasteiger partial charge in [-0.05, 0) is 18.9 Å². The average Bonchev–Trinajstić information content (AvgIpc) is 2.72. The number of nitrogens with zero attached hydrogens (tertiary/aromatic N) is 2. The number of aromatic nitrogens is 2. The van der Waals surface area contributed by atoms with E-state index in [0.717, 1.165) is 12.1 Å². The third-order valence-corrected chi connectivity index (χ3v) is 2.49. The van der Waals surface area contributed by atoms with Crippen LogP contribution in [0.5, 0.6) is 0 Å². The van der Waals surface area contributed by atoms with E-state index >= 15 is 0 Å². The summed E-state index contributed by atoms with van der Waals surface area (Å²) in [7, 11) is 3.73. The molecule has 1 aliphatic rings. The van der Waals surface area contributed by atoms with E-state index in [2.05, 4.69) is 18.2 Å². The molecule has 3 nitrogen and oxygen atoms in total. The molecule has 1 fully saturated rings. The van der Waals surface area contributed by atoms with Crippen molar-refractivity contribution in [3.8, 4) is 0 Å². The first-order valence-corrected chi connectivity index (χ1v) is 4.25. The van der Waals surface area contributed by atoms with Crippen LogP contribution in [-0.2, 0) is 11.8 Å². The Bertz CT molecular complexity index is 293. The van der Waals surface area contributed by atoms with Crippen LogP contribution in [-0.4, -0.2) is 23.0 Å². The van der Waals surface area contributed by atoms with E-state index in [4.69, 9.17) is 4.74 Å². The molecule has 0 bridgehead atoms. The van der Waals surface area contributed by atoms with Crippen molar-refractivity contribution < 1.29 is 4.74 Å². The second-order valence-corrected chi connectivity index (χ2v) is 3.46. The van der Waals surface area contributed by atoms with Crippen molar-refractivity contribution in [2.24, 2.45) is 7.05 Å². The minimum absolute atomic E-state index is 0.438. The molecular weight excluding hydrogens is 152 g/mol. The van der Waals surface area contributed by atoms with Gasteiger partial charge in [-0.1, -0.05) is 0 Å². The molecule has 0 saturated heterocycles. The highest BCUT2D eigenvalue weighted by atomic mass is 16.5. The lowest BCUT2D eigenvalue weighted by atomic mass is 10.2. The van der Waals surface area contributed by atoms with Crippen molar-refractivity contribution in [2.45, 2.75) is 25.4 Å². The highest BCUT2D eigenvalue weighted by Gasteiger charge is 2.40. The fourth-order valence-corrected chi connectivity index (χ4v) is 1.74. The number of hydrogen-bond donors (Lipinski definition) is 0. The van der Waals surface area contributed by atoms with Crippen molar-refractivity contribution in [3.63, 3.8) is 0 Å². The van der Waals surface area contributed by atoms with Crippen LogP contribution in [0, 0.1) is 6.92 Å². The molecule has 1 heterocycles. The fourth-order valence-electron chi connectivity index (χ4n) is 1.74. The Morgan fingerprint density at radius 2 is 2.42 bits per heavy atom. The Morgan fingerprint density at radius 1 is 1.67 bits per heavy atom. The summed E-state index contributed by atoms with van der Waals surface area (Å²) in [5.41, 5.74) is 2.49. The Kier molecular flexibility index (Phi) is 1.68. The van der Waals surface area contributed by atoms with Crippen LogP contribution in [0.4, 0.5) is 0 Å². The van der Waals surface area contributed by atoms with E-state index in [0.29, 0.717) is 12.0 Å². The number of hydrogen-bond acceptors (Lipinski definition) is 2. The first kappa shape index (κ1) is 7.80. The molecule has 12 heavy (non-hydrogen) atoms. The van der Waals surface area contributed by atoms with Gasteiger partial charge in [0, 0.05) is 26.3 Å². The summed E-state index contributed by atoms with van der Waals surface area (Å²) in [6, 6.07) is 0. The summed E-state index contributed by atoms with van der Waals surface area (Å²) in [6.45, 7) is 2.06. The molecule has 2 unspecified atom stereocenters. The molecule has 2 rings (SSSR count). The highest BCUT2D eigenvalue weighted by Crippen LogP contribution is 2.43. The van der Waals surface area contributed by atoms with Gasteiger partial charge in [0.2, 0.25) is 0 Å². The summed E-state index contributed by atoms with van der Waals surface area (Å²) in [5, 5.41) is 4.30. The summed E-state index contributed by atoms with van der Waals surface area (Å²) >= 11 is 0. The minimum atomic E-state index is 0.438. The first-order valence-electron chi connectivity index (χ1n) is 4.25. The first-order chi connectivity index (χ1) is 5.72. The van der Waals surface area contributed by atoms with Crippen LogP contribution < -0.4 is 0 Å². The lowest BCUT2D eigenvalue weighted by Crippen LogP contribution is -1.90. The molecule has 0 aromatic carbocycles. The van der Waals surface area contributed by atoms with E-state index in [1.807, 2.05) is 11.7 Å². The van der Waals surface area contributed by atoms with Gasteiger partial charge in [0.05, 0.1) is 11.8 Å². The highest BCUT2D eigenvalue weighted by molar-refractivity contribution is 5.28. The normalized spacial score (nSPS) is 27.6. The van der Waals surface area contributed by atoms with Crippen LogP contribution in [0.3, 0.4) is 0 Å². The number of methoxy groups -OCH3 is 1. The van der Waals surface area contributed by atoms with Crippen molar-refractivity contribution >= 4 is 0 Å². The van der Waals surface area contributed by atoms with E-state index < -0.39 is 0 Å². The summed E-state index contributed by atoms with van der Waals surface area (Å²) in [4.78, 5) is 0. The molecule has 0 amide bonds. The standard InChI is InChI=1S/C9H14N2O/c1-6-8(5-11(2)10-6)7-4-9(7)12-3/h5,7,9H,4H2,1-3H3. The quantitative estimate of drug-likeness (QED) is 0.660. The summed E-state index contributed by atoms with van der Waals surface area (Å²) in [6.07, 6.45) is 3.69. The largest absolute Gasteiger partial charge is 0.381 e. The van der Waals surface area contributed by atoms with Crippen LogP contribution >= 0.6 is 0 Å². The van der Waals surface area contributed by atoms with Crippen LogP contribution in [0.1, 0.15) is 23.6 Å². The Labute approximate surface area is 72.3 Å². The lowest BCUT2D eigenvalue weighted by molar-refractivity contribution is 0.178. The number of rotatable bonds is 2. The van der Waals surface area contributed by atoms with Crippen LogP contribution in [0.2, 0.25) is 0 Å². The molecule has 0 N–H and O–H groups in total. The molecule has 0 spiro atoms. The molecule has 66 valence electrons. The predicted molar refractivity (Wildman–Crippen MR) is 46.1 cm³/mol. The lowest BCUT2D eigenvalue weighted by Gasteiger charge is -1.94. The summed E-state index contributed by atoms with van der Waals surface area (Å²) in [5.74, 6) is 0.601. The molecule has 1 saturated carbocycles. The van der Waals surface area contributed by atoms with E-state index in [1.165, 1.54) is 5.56 Å². The van der Waals surface area contributed by atoms with Gasteiger partial charge in [0.1, 0.15) is 0 Å². The van der Waals surface area contributed by atoms with Gasteiger partial charge in [-0.15, -0.1) is 0 Å². The van der Waals surface area contributed by atoms with Crippen molar-refractivity contribution in [1.29, 1.82) is 0 Å². The number of aryl methyl sites for hydroxylation is 2. The Balaban J connectivity index is 2.19. The zero-order chi connectivity index (χ0) is 8.72. The van der Waals surface area contributed by atoms with Gasteiger partial charge in [-0.2, -0.15) is 5.10 Å². The van der Waals surface area contributed by atoms with Gasteiger partial charge >= 0.3 is 0 Å². The van der Waals surface area contributed by atoms with Crippen molar-refractivity contribution in [3.05, 3.63) is 17.5 Å². The summed E-state index contributed by atoms with van der Waals surface area (Å²) < 4.78 is 7.13. The molecule has 3 heteroatoms. The van der Waals surface area contributed by atoms with Crippen LogP contribution in [0.15, 0.2) is 6.20 Å². The number of ether oxygens (including phenoxy) is 1. The van der Waals surface area contributed by atoms with Crippen LogP contribution in [0.25, 0.3) is 0 Å². The molecule has 1 aliphatic carbocycles. The van der Waals surface area contributed by atoms with Gasteiger partial charge in [-0.25, -0.2) is 0 Å². The second-order valence-electron chi connectivity index (χ2n) is 3.46. The average molecular weight is 166 g/mol. The fraction of sp³-hybridized carbons (Fsp3) is 0.667. The van der Waals surface area contributed by atoms with E-state index in [-0.39, 0.29) is 0 Å². The Morgan fingerprint density at radius 3 is 2.83 bits per heavy atom. The maximum Gasteiger partial charge on any atom is 0.0648 e. The molecule has 1 aromatic heterocycles. The van der Waals surface area contributed by atoms with E-state index in [1.54, 1.807) is 7.11 Å². The molecule has 0 radical (unpaired) electrons. The van der Waals surface area contributed by atoms with Crippen molar-refractivity contribution in [1.82, 2.24) is 9.78 Å². The molecule has 0 aliphatic heterocycles. The molecular formula is C9H14N2O. The maximum atomic E-state index is 5.26. The van der Waals surface area contributed by atoms with Gasteiger partial charge in [0.25, 0.3) is 0 Å². The van der Waals surface area contributed by atoms with Gasteiger partial charge in [0.15, 0.2) is 0 Å². The molecule has 2 atom stereocenters. The Hall–Kier alpha value is -0.830. The van der Waals surface area contributed by atoms with Gasteiger partial charge < -0.3 is 4.74 Å². The predicted octanol–water partition coefficient (Wildman–Crippen LogP) is 1.23. The second kappa shape index (κ2) is 2.59. The molecule has 1 aromatic rings. The third kappa shape index (κ3) is 1.14.